The Morgan fingerprint density at radius 3 is 2.82 bits per heavy atom. The van der Waals surface area contributed by atoms with Crippen LogP contribution in [0.2, 0.25) is 0 Å². The summed E-state index contributed by atoms with van der Waals surface area (Å²) in [6.07, 6.45) is -2.94. The molecule has 1 aromatic rings. The summed E-state index contributed by atoms with van der Waals surface area (Å²) < 4.78 is 46.5. The minimum atomic E-state index is -4.77. The Hall–Kier alpha value is -1.96. The zero-order valence-electron chi connectivity index (χ0n) is 12.1. The molecule has 0 radical (unpaired) electrons. The van der Waals surface area contributed by atoms with Crippen molar-refractivity contribution < 1.29 is 22.6 Å². The van der Waals surface area contributed by atoms with Gasteiger partial charge < -0.3 is 20.5 Å². The highest BCUT2D eigenvalue weighted by Gasteiger charge is 2.32. The highest BCUT2D eigenvalue weighted by molar-refractivity contribution is 5.93. The third-order valence-corrected chi connectivity index (χ3v) is 3.26. The lowest BCUT2D eigenvalue weighted by molar-refractivity contribution is -0.274. The zero-order chi connectivity index (χ0) is 16.2. The number of nitrogens with one attached hydrogen (secondary N) is 1. The second-order valence-corrected chi connectivity index (χ2v) is 5.27. The first-order valence-electron chi connectivity index (χ1n) is 6.83. The van der Waals surface area contributed by atoms with Crippen LogP contribution in [0.25, 0.3) is 0 Å². The maximum atomic E-state index is 12.3. The lowest BCUT2D eigenvalue weighted by Crippen LogP contribution is -2.31. The quantitative estimate of drug-likeness (QED) is 0.662. The van der Waals surface area contributed by atoms with E-state index >= 15 is 0 Å². The first kappa shape index (κ1) is 16.4. The van der Waals surface area contributed by atoms with E-state index < -0.39 is 6.36 Å². The first-order valence-corrected chi connectivity index (χ1v) is 6.83. The topological polar surface area (TPSA) is 68.9 Å². The standard InChI is InChI=1S/C14H18F3N3O2/c1-13(7-4-8-21-13)9-19-12(18)20-10-5-2-3-6-11(10)22-14(15,16)17/h2-3,5-6H,4,7-9H2,1H3,(H3,18,19,20). The van der Waals surface area contributed by atoms with E-state index in [0.29, 0.717) is 13.2 Å². The predicted molar refractivity (Wildman–Crippen MR) is 76.8 cm³/mol. The van der Waals surface area contributed by atoms with Gasteiger partial charge in [-0.25, -0.2) is 0 Å². The highest BCUT2D eigenvalue weighted by atomic mass is 19.4. The Bertz CT molecular complexity index is 540. The highest BCUT2D eigenvalue weighted by Crippen LogP contribution is 2.30. The van der Waals surface area contributed by atoms with Crippen molar-refractivity contribution in [1.82, 2.24) is 0 Å². The number of aliphatic imine (C=N–C) groups is 1. The lowest BCUT2D eigenvalue weighted by Gasteiger charge is -2.20. The average molecular weight is 317 g/mol. The zero-order valence-corrected chi connectivity index (χ0v) is 12.1. The maximum absolute atomic E-state index is 12.3. The minimum Gasteiger partial charge on any atom is -0.404 e. The second-order valence-electron chi connectivity index (χ2n) is 5.27. The van der Waals surface area contributed by atoms with Crippen LogP contribution in [-0.4, -0.2) is 31.1 Å². The number of rotatable bonds is 4. The molecule has 1 fully saturated rings. The summed E-state index contributed by atoms with van der Waals surface area (Å²) in [6, 6.07) is 5.63. The molecule has 0 amide bonds. The van der Waals surface area contributed by atoms with Crippen LogP contribution in [0.5, 0.6) is 5.75 Å². The molecule has 22 heavy (non-hydrogen) atoms. The van der Waals surface area contributed by atoms with Crippen molar-refractivity contribution in [2.75, 3.05) is 18.5 Å². The summed E-state index contributed by atoms with van der Waals surface area (Å²) in [5.74, 6) is -0.355. The van der Waals surface area contributed by atoms with Gasteiger partial charge in [0, 0.05) is 6.61 Å². The molecule has 0 aromatic heterocycles. The molecule has 1 unspecified atom stereocenters. The fraction of sp³-hybridized carbons (Fsp3) is 0.500. The van der Waals surface area contributed by atoms with Gasteiger partial charge >= 0.3 is 6.36 Å². The molecule has 2 rings (SSSR count). The van der Waals surface area contributed by atoms with Crippen molar-refractivity contribution in [3.8, 4) is 5.75 Å². The predicted octanol–water partition coefficient (Wildman–Crippen LogP) is 2.88. The number of ether oxygens (including phenoxy) is 2. The van der Waals surface area contributed by atoms with Crippen LogP contribution in [0.4, 0.5) is 18.9 Å². The van der Waals surface area contributed by atoms with Crippen LogP contribution in [0.15, 0.2) is 29.3 Å². The van der Waals surface area contributed by atoms with Crippen LogP contribution in [0.3, 0.4) is 0 Å². The minimum absolute atomic E-state index is 0.00921. The number of anilines is 1. The van der Waals surface area contributed by atoms with Gasteiger partial charge in [-0.3, -0.25) is 4.99 Å². The fourth-order valence-corrected chi connectivity index (χ4v) is 2.18. The van der Waals surface area contributed by atoms with E-state index in [0.717, 1.165) is 12.8 Å². The number of hydrogen-bond acceptors (Lipinski definition) is 3. The number of halogens is 3. The van der Waals surface area contributed by atoms with E-state index in [-0.39, 0.29) is 23.0 Å². The van der Waals surface area contributed by atoms with Gasteiger partial charge in [-0.2, -0.15) is 0 Å². The SMILES string of the molecule is CC1(CN=C(N)Nc2ccccc2OC(F)(F)F)CCCO1. The molecule has 5 nitrogen and oxygen atoms in total. The van der Waals surface area contributed by atoms with Crippen LogP contribution in [-0.2, 0) is 4.74 Å². The molecule has 1 aliphatic heterocycles. The van der Waals surface area contributed by atoms with Gasteiger partial charge in [0.2, 0.25) is 0 Å². The van der Waals surface area contributed by atoms with Gasteiger partial charge in [0.1, 0.15) is 0 Å². The number of guanidine groups is 1. The Labute approximate surface area is 126 Å². The van der Waals surface area contributed by atoms with E-state index in [9.17, 15) is 13.2 Å². The van der Waals surface area contributed by atoms with Gasteiger partial charge in [0.05, 0.1) is 17.8 Å². The van der Waals surface area contributed by atoms with Crippen molar-refractivity contribution in [3.05, 3.63) is 24.3 Å². The second kappa shape index (κ2) is 6.43. The fourth-order valence-electron chi connectivity index (χ4n) is 2.18. The van der Waals surface area contributed by atoms with Crippen molar-refractivity contribution >= 4 is 11.6 Å². The van der Waals surface area contributed by atoms with E-state index in [1.54, 1.807) is 6.07 Å². The van der Waals surface area contributed by atoms with Crippen LogP contribution >= 0.6 is 0 Å². The van der Waals surface area contributed by atoms with Crippen molar-refractivity contribution in [3.63, 3.8) is 0 Å². The molecular weight excluding hydrogens is 299 g/mol. The van der Waals surface area contributed by atoms with Gasteiger partial charge in [-0.1, -0.05) is 12.1 Å². The molecule has 1 aromatic carbocycles. The molecule has 8 heteroatoms. The van der Waals surface area contributed by atoms with Gasteiger partial charge in [-0.05, 0) is 31.9 Å². The molecule has 122 valence electrons. The number of alkyl halides is 3. The molecule has 0 spiro atoms. The molecule has 1 heterocycles. The number of nitrogens with two attached hydrogens (primary N) is 1. The summed E-state index contributed by atoms with van der Waals surface area (Å²) in [5, 5.41) is 2.62. The summed E-state index contributed by atoms with van der Waals surface area (Å²) in [6.45, 7) is 2.95. The largest absolute Gasteiger partial charge is 0.573 e. The molecule has 0 bridgehead atoms. The van der Waals surface area contributed by atoms with E-state index in [4.69, 9.17) is 10.5 Å². The third kappa shape index (κ3) is 4.80. The van der Waals surface area contributed by atoms with E-state index in [1.807, 2.05) is 6.92 Å². The third-order valence-electron chi connectivity index (χ3n) is 3.26. The van der Waals surface area contributed by atoms with Crippen LogP contribution in [0, 0.1) is 0 Å². The van der Waals surface area contributed by atoms with Gasteiger partial charge in [0.25, 0.3) is 0 Å². The van der Waals surface area contributed by atoms with E-state index in [1.165, 1.54) is 18.2 Å². The Balaban J connectivity index is 2.03. The maximum Gasteiger partial charge on any atom is 0.573 e. The number of hydrogen-bond donors (Lipinski definition) is 2. The molecular formula is C14H18F3N3O2. The summed E-state index contributed by atoms with van der Waals surface area (Å²) in [5.41, 5.74) is 5.45. The summed E-state index contributed by atoms with van der Waals surface area (Å²) in [4.78, 5) is 4.13. The Kier molecular flexibility index (Phi) is 4.80. The average Bonchev–Trinajstić information content (AvgIpc) is 2.85. The molecule has 1 aliphatic rings. The van der Waals surface area contributed by atoms with Crippen molar-refractivity contribution in [2.45, 2.75) is 31.7 Å². The first-order chi connectivity index (χ1) is 10.3. The number of nitrogens with zero attached hydrogens (tertiary/aromatic N) is 1. The Morgan fingerprint density at radius 2 is 2.18 bits per heavy atom. The normalized spacial score (nSPS) is 22.6. The monoisotopic (exact) mass is 317 g/mol. The smallest absolute Gasteiger partial charge is 0.404 e. The van der Waals surface area contributed by atoms with Crippen molar-refractivity contribution in [1.29, 1.82) is 0 Å². The van der Waals surface area contributed by atoms with Crippen LogP contribution in [0.1, 0.15) is 19.8 Å². The van der Waals surface area contributed by atoms with Gasteiger partial charge in [0.15, 0.2) is 11.7 Å². The molecule has 0 saturated carbocycles. The summed E-state index contributed by atoms with van der Waals surface area (Å²) >= 11 is 0. The van der Waals surface area contributed by atoms with Crippen molar-refractivity contribution in [2.24, 2.45) is 10.7 Å². The van der Waals surface area contributed by atoms with E-state index in [2.05, 4.69) is 15.0 Å². The summed E-state index contributed by atoms with van der Waals surface area (Å²) in [7, 11) is 0. The van der Waals surface area contributed by atoms with Gasteiger partial charge in [-0.15, -0.1) is 13.2 Å². The lowest BCUT2D eigenvalue weighted by atomic mass is 10.0. The molecule has 1 atom stereocenters. The molecule has 3 N–H and O–H groups in total. The van der Waals surface area contributed by atoms with Crippen LogP contribution < -0.4 is 15.8 Å². The Morgan fingerprint density at radius 1 is 1.45 bits per heavy atom. The molecule has 0 aliphatic carbocycles. The number of para-hydroxylation sites is 2. The molecule has 1 saturated heterocycles. The number of benzene rings is 1.